The summed E-state index contributed by atoms with van der Waals surface area (Å²) in [6.45, 7) is 10.4. The van der Waals surface area contributed by atoms with Crippen molar-refractivity contribution in [2.75, 3.05) is 6.54 Å². The molecular formula is C19H38N2. The van der Waals surface area contributed by atoms with Gasteiger partial charge in [0, 0.05) is 25.0 Å². The van der Waals surface area contributed by atoms with Crippen molar-refractivity contribution in [3.63, 3.8) is 0 Å². The molecule has 0 amide bonds. The van der Waals surface area contributed by atoms with Gasteiger partial charge >= 0.3 is 0 Å². The molecule has 1 heterocycles. The van der Waals surface area contributed by atoms with Crippen LogP contribution in [0.2, 0.25) is 0 Å². The number of rotatable bonds is 12. The Hall–Kier alpha value is -0.660. The maximum absolute atomic E-state index is 2.54. The Bertz CT molecular complexity index is 273. The standard InChI is InChI=1S/C19H38N2/c1-5-7-8-9-10-11-12-13-14-15-20-16-17-21(18(3)4)19(20)6-2/h16-19H,5-15H2,1-4H3. The fourth-order valence-corrected chi connectivity index (χ4v) is 3.32. The zero-order valence-electron chi connectivity index (χ0n) is 15.0. The molecule has 21 heavy (non-hydrogen) atoms. The van der Waals surface area contributed by atoms with Crippen LogP contribution in [0.1, 0.15) is 91.9 Å². The lowest BCUT2D eigenvalue weighted by molar-refractivity contribution is 0.121. The van der Waals surface area contributed by atoms with Gasteiger partial charge in [0.25, 0.3) is 0 Å². The molecule has 0 saturated heterocycles. The van der Waals surface area contributed by atoms with E-state index in [4.69, 9.17) is 0 Å². The summed E-state index contributed by atoms with van der Waals surface area (Å²) in [4.78, 5) is 5.04. The average molecular weight is 295 g/mol. The first-order valence-corrected chi connectivity index (χ1v) is 9.42. The molecule has 0 radical (unpaired) electrons. The Morgan fingerprint density at radius 1 is 0.810 bits per heavy atom. The van der Waals surface area contributed by atoms with Crippen LogP contribution in [0.3, 0.4) is 0 Å². The van der Waals surface area contributed by atoms with Gasteiger partial charge in [-0.1, -0.05) is 65.2 Å². The van der Waals surface area contributed by atoms with E-state index in [-0.39, 0.29) is 0 Å². The second kappa shape index (κ2) is 11.0. The van der Waals surface area contributed by atoms with E-state index < -0.39 is 0 Å². The molecule has 0 aromatic rings. The zero-order valence-corrected chi connectivity index (χ0v) is 15.0. The zero-order chi connectivity index (χ0) is 15.5. The minimum atomic E-state index is 0.596. The average Bonchev–Trinajstić information content (AvgIpc) is 2.88. The van der Waals surface area contributed by atoms with Gasteiger partial charge in [-0.25, -0.2) is 0 Å². The molecule has 2 heteroatoms. The molecule has 2 nitrogen and oxygen atoms in total. The third-order valence-electron chi connectivity index (χ3n) is 4.64. The molecule has 124 valence electrons. The predicted molar refractivity (Wildman–Crippen MR) is 94.1 cm³/mol. The summed E-state index contributed by atoms with van der Waals surface area (Å²) in [7, 11) is 0. The fraction of sp³-hybridized carbons (Fsp3) is 0.895. The van der Waals surface area contributed by atoms with Crippen molar-refractivity contribution >= 4 is 0 Å². The fourth-order valence-electron chi connectivity index (χ4n) is 3.32. The van der Waals surface area contributed by atoms with Crippen LogP contribution in [-0.2, 0) is 0 Å². The Kier molecular flexibility index (Phi) is 9.62. The first-order chi connectivity index (χ1) is 10.2. The first kappa shape index (κ1) is 18.4. The molecule has 0 fully saturated rings. The summed E-state index contributed by atoms with van der Waals surface area (Å²) in [5, 5.41) is 0. The van der Waals surface area contributed by atoms with E-state index in [0.717, 1.165) is 0 Å². The third-order valence-corrected chi connectivity index (χ3v) is 4.64. The van der Waals surface area contributed by atoms with Gasteiger partial charge in [0.15, 0.2) is 0 Å². The molecule has 0 saturated carbocycles. The van der Waals surface area contributed by atoms with Gasteiger partial charge in [0.1, 0.15) is 6.17 Å². The van der Waals surface area contributed by atoms with E-state index in [9.17, 15) is 0 Å². The molecule has 1 aliphatic heterocycles. The molecule has 0 spiro atoms. The van der Waals surface area contributed by atoms with Crippen molar-refractivity contribution in [1.29, 1.82) is 0 Å². The SMILES string of the molecule is CCCCCCCCCCCN1C=CN(C(C)C)C1CC. The number of nitrogens with zero attached hydrogens (tertiary/aromatic N) is 2. The lowest BCUT2D eigenvalue weighted by Gasteiger charge is -2.34. The Labute approximate surface area is 133 Å². The summed E-state index contributed by atoms with van der Waals surface area (Å²) in [5.74, 6) is 0. The van der Waals surface area contributed by atoms with E-state index in [1.54, 1.807) is 0 Å². The van der Waals surface area contributed by atoms with Crippen molar-refractivity contribution in [2.45, 2.75) is 104 Å². The van der Waals surface area contributed by atoms with Crippen LogP contribution in [0, 0.1) is 0 Å². The van der Waals surface area contributed by atoms with E-state index >= 15 is 0 Å². The molecule has 0 aromatic heterocycles. The number of unbranched alkanes of at least 4 members (excludes halogenated alkanes) is 8. The normalized spacial score (nSPS) is 18.2. The molecule has 0 aliphatic carbocycles. The monoisotopic (exact) mass is 294 g/mol. The van der Waals surface area contributed by atoms with Crippen LogP contribution in [0.4, 0.5) is 0 Å². The van der Waals surface area contributed by atoms with Gasteiger partial charge in [-0.05, 0) is 26.7 Å². The van der Waals surface area contributed by atoms with Crippen LogP contribution >= 0.6 is 0 Å². The Balaban J connectivity index is 2.04. The van der Waals surface area contributed by atoms with Gasteiger partial charge in [-0.2, -0.15) is 0 Å². The van der Waals surface area contributed by atoms with Crippen LogP contribution < -0.4 is 0 Å². The second-order valence-corrected chi connectivity index (χ2v) is 6.79. The quantitative estimate of drug-likeness (QED) is 0.423. The minimum Gasteiger partial charge on any atom is -0.356 e. The summed E-state index contributed by atoms with van der Waals surface area (Å²) >= 11 is 0. The smallest absolute Gasteiger partial charge is 0.101 e. The van der Waals surface area contributed by atoms with Crippen LogP contribution in [-0.4, -0.2) is 28.6 Å². The third kappa shape index (κ3) is 6.76. The molecule has 1 aliphatic rings. The Morgan fingerprint density at radius 2 is 1.38 bits per heavy atom. The van der Waals surface area contributed by atoms with E-state index in [1.165, 1.54) is 70.8 Å². The van der Waals surface area contributed by atoms with Crippen molar-refractivity contribution in [2.24, 2.45) is 0 Å². The highest BCUT2D eigenvalue weighted by Crippen LogP contribution is 2.22. The van der Waals surface area contributed by atoms with Gasteiger partial charge in [0.2, 0.25) is 0 Å². The van der Waals surface area contributed by atoms with Gasteiger partial charge < -0.3 is 9.80 Å². The maximum Gasteiger partial charge on any atom is 0.101 e. The molecule has 1 atom stereocenters. The lowest BCUT2D eigenvalue weighted by atomic mass is 10.1. The predicted octanol–water partition coefficient (Wildman–Crippen LogP) is 5.75. The lowest BCUT2D eigenvalue weighted by Crippen LogP contribution is -2.41. The summed E-state index contributed by atoms with van der Waals surface area (Å²) in [5.41, 5.74) is 0. The van der Waals surface area contributed by atoms with Crippen molar-refractivity contribution in [3.8, 4) is 0 Å². The molecule has 0 aromatic carbocycles. The van der Waals surface area contributed by atoms with Crippen molar-refractivity contribution in [3.05, 3.63) is 12.4 Å². The number of hydrogen-bond acceptors (Lipinski definition) is 2. The molecule has 1 unspecified atom stereocenters. The Morgan fingerprint density at radius 3 is 1.90 bits per heavy atom. The van der Waals surface area contributed by atoms with Gasteiger partial charge in [-0.3, -0.25) is 0 Å². The highest BCUT2D eigenvalue weighted by Gasteiger charge is 2.25. The van der Waals surface area contributed by atoms with Crippen LogP contribution in [0.5, 0.6) is 0 Å². The molecule has 0 bridgehead atoms. The minimum absolute atomic E-state index is 0.596. The first-order valence-electron chi connectivity index (χ1n) is 9.42. The summed E-state index contributed by atoms with van der Waals surface area (Å²) in [6, 6.07) is 0.610. The van der Waals surface area contributed by atoms with E-state index in [0.29, 0.717) is 12.2 Å². The van der Waals surface area contributed by atoms with Gasteiger partial charge in [0.05, 0.1) is 0 Å². The van der Waals surface area contributed by atoms with Crippen LogP contribution in [0.25, 0.3) is 0 Å². The highest BCUT2D eigenvalue weighted by atomic mass is 15.4. The molecular weight excluding hydrogens is 256 g/mol. The summed E-state index contributed by atoms with van der Waals surface area (Å²) in [6.07, 6.45) is 19.1. The summed E-state index contributed by atoms with van der Waals surface area (Å²) < 4.78 is 0. The largest absolute Gasteiger partial charge is 0.356 e. The van der Waals surface area contributed by atoms with Gasteiger partial charge in [-0.15, -0.1) is 0 Å². The van der Waals surface area contributed by atoms with Crippen molar-refractivity contribution < 1.29 is 0 Å². The topological polar surface area (TPSA) is 6.48 Å². The van der Waals surface area contributed by atoms with Crippen LogP contribution in [0.15, 0.2) is 12.4 Å². The van der Waals surface area contributed by atoms with Crippen molar-refractivity contribution in [1.82, 2.24) is 9.80 Å². The second-order valence-electron chi connectivity index (χ2n) is 6.79. The van der Waals surface area contributed by atoms with E-state index in [2.05, 4.69) is 49.9 Å². The number of hydrogen-bond donors (Lipinski definition) is 0. The molecule has 0 N–H and O–H groups in total. The molecule has 1 rings (SSSR count). The maximum atomic E-state index is 2.54. The highest BCUT2D eigenvalue weighted by molar-refractivity contribution is 4.97. The van der Waals surface area contributed by atoms with E-state index in [1.807, 2.05) is 0 Å².